The summed E-state index contributed by atoms with van der Waals surface area (Å²) in [5, 5.41) is 11.1. The minimum absolute atomic E-state index is 0.0363. The number of imidazole rings is 1. The van der Waals surface area contributed by atoms with Gasteiger partial charge < -0.3 is 5.32 Å². The largest absolute Gasteiger partial charge is 0.342 e. The molecule has 0 aliphatic carbocycles. The van der Waals surface area contributed by atoms with Crippen molar-refractivity contribution in [1.29, 1.82) is 5.26 Å². The lowest BCUT2D eigenvalue weighted by Gasteiger charge is -2.24. The molecule has 2 aromatic carbocycles. The molecule has 6 heteroatoms. The Bertz CT molecular complexity index is 939. The van der Waals surface area contributed by atoms with Crippen molar-refractivity contribution in [2.24, 2.45) is 0 Å². The Morgan fingerprint density at radius 3 is 2.73 bits per heavy atom. The molecule has 1 amide bonds. The van der Waals surface area contributed by atoms with Crippen LogP contribution in [0.15, 0.2) is 54.9 Å². The molecule has 1 aromatic heterocycles. The van der Waals surface area contributed by atoms with E-state index in [1.807, 2.05) is 48.6 Å². The van der Waals surface area contributed by atoms with Crippen LogP contribution in [-0.2, 0) is 4.79 Å². The highest BCUT2D eigenvalue weighted by Crippen LogP contribution is 2.22. The summed E-state index contributed by atoms with van der Waals surface area (Å²) in [4.78, 5) is 18.1. The number of hydrogen-bond acceptors (Lipinski definition) is 4. The van der Waals surface area contributed by atoms with E-state index in [0.717, 1.165) is 22.3 Å². The summed E-state index contributed by atoms with van der Waals surface area (Å²) >= 11 is 0. The van der Waals surface area contributed by atoms with Crippen molar-refractivity contribution < 1.29 is 4.79 Å². The highest BCUT2D eigenvalue weighted by atomic mass is 16.2. The molecule has 1 unspecified atom stereocenters. The molecule has 1 atom stereocenters. The quantitative estimate of drug-likeness (QED) is 0.696. The number of nitrogens with one attached hydrogen (secondary N) is 1. The van der Waals surface area contributed by atoms with Crippen LogP contribution in [0.25, 0.3) is 16.7 Å². The van der Waals surface area contributed by atoms with Gasteiger partial charge in [-0.3, -0.25) is 14.3 Å². The first kappa shape index (κ1) is 17.6. The van der Waals surface area contributed by atoms with Crippen LogP contribution in [0, 0.1) is 11.3 Å². The van der Waals surface area contributed by atoms with Crippen LogP contribution < -0.4 is 5.32 Å². The number of amides is 1. The molecule has 1 heterocycles. The van der Waals surface area contributed by atoms with Gasteiger partial charge in [-0.25, -0.2) is 4.98 Å². The predicted octanol–water partition coefficient (Wildman–Crippen LogP) is 2.66. The summed E-state index contributed by atoms with van der Waals surface area (Å²) < 4.78 is 2.06. The summed E-state index contributed by atoms with van der Waals surface area (Å²) in [6.45, 7) is 2.34. The number of hydrogen-bond donors (Lipinski definition) is 1. The van der Waals surface area contributed by atoms with Crippen molar-refractivity contribution >= 4 is 16.9 Å². The lowest BCUT2D eigenvalue weighted by atomic mass is 10.1. The fraction of sp³-hybridized carbons (Fsp3) is 0.250. The zero-order chi connectivity index (χ0) is 18.5. The second-order valence-electron chi connectivity index (χ2n) is 6.22. The topological polar surface area (TPSA) is 74.0 Å². The van der Waals surface area contributed by atoms with Gasteiger partial charge in [0, 0.05) is 11.7 Å². The third kappa shape index (κ3) is 3.73. The van der Waals surface area contributed by atoms with Crippen molar-refractivity contribution in [2.75, 3.05) is 20.1 Å². The van der Waals surface area contributed by atoms with E-state index in [9.17, 15) is 4.79 Å². The average molecular weight is 347 g/mol. The molecule has 26 heavy (non-hydrogen) atoms. The molecule has 0 bridgehead atoms. The zero-order valence-corrected chi connectivity index (χ0v) is 14.9. The van der Waals surface area contributed by atoms with Crippen LogP contribution in [0.4, 0.5) is 0 Å². The Balaban J connectivity index is 1.73. The number of likely N-dealkylation sites (N-methyl/N-ethyl adjacent to an activating group) is 1. The van der Waals surface area contributed by atoms with Crippen molar-refractivity contribution in [3.63, 3.8) is 0 Å². The lowest BCUT2D eigenvalue weighted by Crippen LogP contribution is -2.36. The van der Waals surface area contributed by atoms with Gasteiger partial charge in [-0.15, -0.1) is 0 Å². The van der Waals surface area contributed by atoms with Gasteiger partial charge in [0.25, 0.3) is 0 Å². The number of para-hydroxylation sites is 2. The summed E-state index contributed by atoms with van der Waals surface area (Å²) in [6.07, 6.45) is 1.83. The molecule has 132 valence electrons. The fourth-order valence-electron chi connectivity index (χ4n) is 2.89. The Morgan fingerprint density at radius 1 is 1.27 bits per heavy atom. The molecule has 3 aromatic rings. The average Bonchev–Trinajstić information content (AvgIpc) is 3.10. The van der Waals surface area contributed by atoms with Crippen molar-refractivity contribution in [3.8, 4) is 11.8 Å². The van der Waals surface area contributed by atoms with Crippen LogP contribution >= 0.6 is 0 Å². The molecule has 6 nitrogen and oxygen atoms in total. The number of carbonyl (C=O) groups excluding carboxylic acids is 1. The molecule has 3 rings (SSSR count). The molecule has 0 aliphatic heterocycles. The van der Waals surface area contributed by atoms with E-state index in [-0.39, 0.29) is 25.0 Å². The first-order valence-electron chi connectivity index (χ1n) is 8.46. The SMILES string of the molecule is CC(c1ccc(-n2cnc3ccccc32)cc1)N(C)CC(=O)NCC#N. The van der Waals surface area contributed by atoms with Crippen molar-refractivity contribution in [3.05, 3.63) is 60.4 Å². The van der Waals surface area contributed by atoms with Gasteiger partial charge in [0.2, 0.25) is 5.91 Å². The van der Waals surface area contributed by atoms with E-state index < -0.39 is 0 Å². The standard InChI is InChI=1S/C20H21N5O/c1-15(24(2)13-20(26)22-12-11-21)16-7-9-17(10-8-16)25-14-23-18-5-3-4-6-19(18)25/h3-10,14-15H,12-13H2,1-2H3,(H,22,26). The molecule has 0 spiro atoms. The number of nitriles is 1. The van der Waals surface area contributed by atoms with Crippen LogP contribution in [0.1, 0.15) is 18.5 Å². The van der Waals surface area contributed by atoms with E-state index >= 15 is 0 Å². The van der Waals surface area contributed by atoms with Gasteiger partial charge in [-0.05, 0) is 43.8 Å². The third-order valence-corrected chi connectivity index (χ3v) is 4.53. The maximum absolute atomic E-state index is 11.8. The van der Waals surface area contributed by atoms with E-state index in [4.69, 9.17) is 5.26 Å². The minimum atomic E-state index is -0.151. The van der Waals surface area contributed by atoms with E-state index in [1.165, 1.54) is 0 Å². The Kier molecular flexibility index (Phi) is 5.30. The van der Waals surface area contributed by atoms with Crippen LogP contribution in [0.5, 0.6) is 0 Å². The van der Waals surface area contributed by atoms with E-state index in [0.29, 0.717) is 0 Å². The van der Waals surface area contributed by atoms with E-state index in [1.54, 1.807) is 0 Å². The molecule has 0 saturated carbocycles. The van der Waals surface area contributed by atoms with Crippen LogP contribution in [-0.4, -0.2) is 40.5 Å². The molecule has 0 aliphatic rings. The van der Waals surface area contributed by atoms with Gasteiger partial charge in [0.15, 0.2) is 0 Å². The van der Waals surface area contributed by atoms with Gasteiger partial charge in [0.1, 0.15) is 12.9 Å². The maximum atomic E-state index is 11.8. The molecule has 0 saturated heterocycles. The zero-order valence-electron chi connectivity index (χ0n) is 14.9. The second kappa shape index (κ2) is 7.81. The lowest BCUT2D eigenvalue weighted by molar-refractivity contribution is -0.122. The molecule has 0 radical (unpaired) electrons. The number of aromatic nitrogens is 2. The maximum Gasteiger partial charge on any atom is 0.235 e. The number of nitrogens with zero attached hydrogens (tertiary/aromatic N) is 4. The fourth-order valence-corrected chi connectivity index (χ4v) is 2.89. The summed E-state index contributed by atoms with van der Waals surface area (Å²) in [5.41, 5.74) is 4.20. The second-order valence-corrected chi connectivity index (χ2v) is 6.22. The summed E-state index contributed by atoms with van der Waals surface area (Å²) in [5.74, 6) is -0.151. The van der Waals surface area contributed by atoms with Gasteiger partial charge in [-0.1, -0.05) is 24.3 Å². The molecule has 1 N–H and O–H groups in total. The monoisotopic (exact) mass is 347 g/mol. The highest BCUT2D eigenvalue weighted by Gasteiger charge is 2.15. The molecular weight excluding hydrogens is 326 g/mol. The molecular formula is C20H21N5O. The van der Waals surface area contributed by atoms with Crippen molar-refractivity contribution in [1.82, 2.24) is 19.8 Å². The highest BCUT2D eigenvalue weighted by molar-refractivity contribution is 5.78. The Labute approximate surface area is 152 Å². The summed E-state index contributed by atoms with van der Waals surface area (Å²) in [6, 6.07) is 18.3. The Hall–Kier alpha value is -3.17. The number of carbonyl (C=O) groups is 1. The predicted molar refractivity (Wildman–Crippen MR) is 101 cm³/mol. The molecule has 0 fully saturated rings. The third-order valence-electron chi connectivity index (χ3n) is 4.53. The first-order chi connectivity index (χ1) is 12.6. The van der Waals surface area contributed by atoms with Crippen LogP contribution in [0.2, 0.25) is 0 Å². The number of benzene rings is 2. The normalized spacial score (nSPS) is 12.1. The number of fused-ring (bicyclic) bond motifs is 1. The number of rotatable bonds is 6. The van der Waals surface area contributed by atoms with Crippen LogP contribution in [0.3, 0.4) is 0 Å². The summed E-state index contributed by atoms with van der Waals surface area (Å²) in [7, 11) is 1.90. The van der Waals surface area contributed by atoms with Gasteiger partial charge in [0.05, 0.1) is 23.6 Å². The van der Waals surface area contributed by atoms with E-state index in [2.05, 4.69) is 46.1 Å². The Morgan fingerprint density at radius 2 is 2.00 bits per heavy atom. The van der Waals surface area contributed by atoms with Gasteiger partial charge >= 0.3 is 0 Å². The minimum Gasteiger partial charge on any atom is -0.342 e. The van der Waals surface area contributed by atoms with Gasteiger partial charge in [-0.2, -0.15) is 5.26 Å². The smallest absolute Gasteiger partial charge is 0.235 e. The van der Waals surface area contributed by atoms with Crippen molar-refractivity contribution in [2.45, 2.75) is 13.0 Å². The first-order valence-corrected chi connectivity index (χ1v) is 8.46.